The fraction of sp³-hybridized carbons (Fsp3) is 0.409. The summed E-state index contributed by atoms with van der Waals surface area (Å²) in [5.74, 6) is 0. The highest BCUT2D eigenvalue weighted by Crippen LogP contribution is 2.14. The van der Waals surface area contributed by atoms with Crippen molar-refractivity contribution in [3.05, 3.63) is 93.1 Å². The Kier molecular flexibility index (Phi) is 15.2. The van der Waals surface area contributed by atoms with Gasteiger partial charge in [-0.3, -0.25) is 25.0 Å². The molecular weight excluding hydrogens is 372 g/mol. The minimum Gasteiger partial charge on any atom is -0.287 e. The molecule has 29 heavy (non-hydrogen) atoms. The predicted molar refractivity (Wildman–Crippen MR) is 116 cm³/mol. The lowest BCUT2D eigenvalue weighted by molar-refractivity contribution is -0.772. The normalized spacial score (nSPS) is 13.1. The third-order valence-corrected chi connectivity index (χ3v) is 3.84. The van der Waals surface area contributed by atoms with E-state index in [1.165, 1.54) is 6.08 Å². The van der Waals surface area contributed by atoms with Crippen LogP contribution in [0.25, 0.3) is 0 Å². The Morgan fingerprint density at radius 2 is 0.931 bits per heavy atom. The lowest BCUT2D eigenvalue weighted by Gasteiger charge is -2.07. The molecule has 0 radical (unpaired) electrons. The van der Waals surface area contributed by atoms with Crippen LogP contribution in [0.15, 0.2) is 72.9 Å². The maximum atomic E-state index is 10.8. The summed E-state index contributed by atoms with van der Waals surface area (Å²) in [6.07, 6.45) is 27.9. The summed E-state index contributed by atoms with van der Waals surface area (Å²) in [5.41, 5.74) is -2.79. The smallest absolute Gasteiger partial charge is 0.287 e. The fourth-order valence-corrected chi connectivity index (χ4v) is 2.13. The van der Waals surface area contributed by atoms with Crippen molar-refractivity contribution in [2.45, 2.75) is 57.5 Å². The van der Waals surface area contributed by atoms with Crippen molar-refractivity contribution in [2.75, 3.05) is 0 Å². The monoisotopic (exact) mass is 402 g/mol. The van der Waals surface area contributed by atoms with Gasteiger partial charge >= 0.3 is 5.66 Å². The zero-order chi connectivity index (χ0) is 21.8. The van der Waals surface area contributed by atoms with Crippen molar-refractivity contribution in [2.24, 2.45) is 0 Å². The summed E-state index contributed by atoms with van der Waals surface area (Å²) >= 11 is 0. The van der Waals surface area contributed by atoms with E-state index in [-0.39, 0.29) is 6.29 Å². The average molecular weight is 402 g/mol. The summed E-state index contributed by atoms with van der Waals surface area (Å²) in [6.45, 7) is 2.12. The molecule has 0 aliphatic heterocycles. The van der Waals surface area contributed by atoms with Crippen LogP contribution < -0.4 is 0 Å². The molecule has 0 N–H and O–H groups in total. The minimum absolute atomic E-state index is 0.229. The van der Waals surface area contributed by atoms with Crippen LogP contribution in [0.1, 0.15) is 51.9 Å². The Morgan fingerprint density at radius 1 is 0.621 bits per heavy atom. The molecule has 0 rings (SSSR count). The number of carbonyl (C=O) groups excluding carboxylic acids is 1. The Bertz CT molecular complexity index is 659. The molecule has 7 heteroatoms. The Labute approximate surface area is 172 Å². The van der Waals surface area contributed by atoms with Crippen LogP contribution in [0.5, 0.6) is 0 Å². The highest BCUT2D eigenvalue weighted by Gasteiger charge is 2.55. The van der Waals surface area contributed by atoms with Crippen LogP contribution in [-0.4, -0.2) is 21.8 Å². The molecule has 0 fully saturated rings. The summed E-state index contributed by atoms with van der Waals surface area (Å²) in [5, 5.41) is 21.5. The maximum Gasteiger partial charge on any atom is 0.516 e. The third kappa shape index (κ3) is 12.1. The molecule has 0 aliphatic rings. The van der Waals surface area contributed by atoms with Gasteiger partial charge in [-0.05, 0) is 38.5 Å². The van der Waals surface area contributed by atoms with E-state index in [1.807, 2.05) is 18.2 Å². The summed E-state index contributed by atoms with van der Waals surface area (Å²) in [6, 6.07) is 0. The number of aldehydes is 1. The molecule has 0 unspecified atom stereocenters. The Hall–Kier alpha value is -3.09. The lowest BCUT2D eigenvalue weighted by atomic mass is 10.1. The summed E-state index contributed by atoms with van der Waals surface area (Å²) < 4.78 is 0. The van der Waals surface area contributed by atoms with Gasteiger partial charge in [-0.15, -0.1) is 0 Å². The van der Waals surface area contributed by atoms with Gasteiger partial charge in [0.15, 0.2) is 0 Å². The van der Waals surface area contributed by atoms with E-state index in [1.54, 1.807) is 6.08 Å². The molecule has 0 amide bonds. The van der Waals surface area contributed by atoms with Crippen LogP contribution >= 0.6 is 0 Å². The van der Waals surface area contributed by atoms with Crippen LogP contribution in [-0.2, 0) is 4.79 Å². The van der Waals surface area contributed by atoms with E-state index in [0.717, 1.165) is 32.1 Å². The van der Waals surface area contributed by atoms with Gasteiger partial charge in [0, 0.05) is 0 Å². The molecule has 0 atom stereocenters. The first-order chi connectivity index (χ1) is 14.0. The van der Waals surface area contributed by atoms with Gasteiger partial charge in [-0.25, -0.2) is 0 Å². The van der Waals surface area contributed by atoms with E-state index in [0.29, 0.717) is 6.42 Å². The first kappa shape index (κ1) is 25.9. The molecule has 7 nitrogen and oxygen atoms in total. The van der Waals surface area contributed by atoms with Crippen LogP contribution in [0.2, 0.25) is 0 Å². The molecular formula is C22H30N2O5. The van der Waals surface area contributed by atoms with E-state index < -0.39 is 21.9 Å². The summed E-state index contributed by atoms with van der Waals surface area (Å²) in [4.78, 5) is 30.0. The highest BCUT2D eigenvalue weighted by atomic mass is 16.7. The largest absolute Gasteiger partial charge is 0.516 e. The first-order valence-electron chi connectivity index (χ1n) is 9.66. The second kappa shape index (κ2) is 17.0. The van der Waals surface area contributed by atoms with Crippen molar-refractivity contribution in [1.29, 1.82) is 0 Å². The van der Waals surface area contributed by atoms with Crippen molar-refractivity contribution in [1.82, 2.24) is 0 Å². The zero-order valence-electron chi connectivity index (χ0n) is 16.9. The number of hydrogen-bond donors (Lipinski definition) is 0. The second-order valence-corrected chi connectivity index (χ2v) is 6.13. The van der Waals surface area contributed by atoms with E-state index in [4.69, 9.17) is 0 Å². The number of allylic oxidation sites excluding steroid dienone is 11. The van der Waals surface area contributed by atoms with E-state index in [2.05, 4.69) is 49.5 Å². The van der Waals surface area contributed by atoms with Gasteiger partial charge in [0.2, 0.25) is 0 Å². The van der Waals surface area contributed by atoms with Gasteiger partial charge in [0.1, 0.15) is 16.3 Å². The van der Waals surface area contributed by atoms with Crippen molar-refractivity contribution in [3.8, 4) is 0 Å². The number of carbonyl (C=O) groups is 1. The molecule has 0 aromatic carbocycles. The molecule has 0 aromatic heterocycles. The van der Waals surface area contributed by atoms with E-state index in [9.17, 15) is 25.0 Å². The molecule has 0 spiro atoms. The van der Waals surface area contributed by atoms with Crippen molar-refractivity contribution >= 4 is 6.29 Å². The zero-order valence-corrected chi connectivity index (χ0v) is 16.9. The number of rotatable bonds is 16. The Balaban J connectivity index is 3.98. The Morgan fingerprint density at radius 3 is 1.21 bits per heavy atom. The van der Waals surface area contributed by atoms with Gasteiger partial charge in [-0.1, -0.05) is 79.8 Å². The quantitative estimate of drug-likeness (QED) is 0.111. The molecule has 0 aromatic rings. The minimum atomic E-state index is -2.79. The topological polar surface area (TPSA) is 103 Å². The SMILES string of the molecule is CCC=CCC=CCC=CCC=CCC=CCC=CCC(C=O)([N+](=O)[O-])[N+](=O)[O-]. The van der Waals surface area contributed by atoms with Gasteiger partial charge < -0.3 is 0 Å². The molecule has 158 valence electrons. The fourth-order valence-electron chi connectivity index (χ4n) is 2.13. The van der Waals surface area contributed by atoms with Crippen molar-refractivity contribution < 1.29 is 14.6 Å². The predicted octanol–water partition coefficient (Wildman–Crippen LogP) is 5.52. The molecule has 0 heterocycles. The van der Waals surface area contributed by atoms with Crippen molar-refractivity contribution in [3.63, 3.8) is 0 Å². The first-order valence-corrected chi connectivity index (χ1v) is 9.66. The number of nitro groups is 2. The molecule has 0 saturated heterocycles. The maximum absolute atomic E-state index is 10.8. The molecule has 0 bridgehead atoms. The van der Waals surface area contributed by atoms with Crippen LogP contribution in [0, 0.1) is 20.2 Å². The second-order valence-electron chi connectivity index (χ2n) is 6.13. The van der Waals surface area contributed by atoms with Gasteiger partial charge in [0.25, 0.3) is 6.29 Å². The summed E-state index contributed by atoms with van der Waals surface area (Å²) in [7, 11) is 0. The number of hydrogen-bond acceptors (Lipinski definition) is 5. The third-order valence-electron chi connectivity index (χ3n) is 3.84. The van der Waals surface area contributed by atoms with Gasteiger partial charge in [0.05, 0.1) is 0 Å². The lowest BCUT2D eigenvalue weighted by Crippen LogP contribution is -2.47. The van der Waals surface area contributed by atoms with Crippen LogP contribution in [0.4, 0.5) is 0 Å². The molecule has 0 aliphatic carbocycles. The standard InChI is InChI=1S/C22H30N2O5/c1-2-3-4-5-6-7-8-9-10-11-12-13-14-15-16-17-18-19-20-22(21-25,23(26)27)24(28)29/h3-4,6-7,9-10,12-13,15-16,18-19,21H,2,5,8,11,14,17,20H2,1H3. The highest BCUT2D eigenvalue weighted by molar-refractivity contribution is 5.59. The molecule has 0 saturated carbocycles. The van der Waals surface area contributed by atoms with Gasteiger partial charge in [-0.2, -0.15) is 0 Å². The van der Waals surface area contributed by atoms with Crippen LogP contribution in [0.3, 0.4) is 0 Å². The van der Waals surface area contributed by atoms with E-state index >= 15 is 0 Å². The number of nitrogens with zero attached hydrogens (tertiary/aromatic N) is 2. The average Bonchev–Trinajstić information content (AvgIpc) is 2.69.